The van der Waals surface area contributed by atoms with Crippen LogP contribution in [0.25, 0.3) is 0 Å². The normalized spacial score (nSPS) is 12.9. The van der Waals surface area contributed by atoms with Crippen LogP contribution in [0.3, 0.4) is 0 Å². The largest absolute Gasteiger partial charge is 0.407 e. The van der Waals surface area contributed by atoms with Gasteiger partial charge in [0.2, 0.25) is 0 Å². The number of rotatable bonds is 8. The van der Waals surface area contributed by atoms with E-state index in [1.165, 1.54) is 15.9 Å². The van der Waals surface area contributed by atoms with Crippen molar-refractivity contribution in [3.05, 3.63) is 71.2 Å². The van der Waals surface area contributed by atoms with E-state index >= 15 is 0 Å². The highest BCUT2D eigenvalue weighted by atomic mass is 28.4. The second-order valence-corrected chi connectivity index (χ2v) is 16.0. The fraction of sp³-hybridized carbons (Fsp3) is 0.417. The van der Waals surface area contributed by atoms with E-state index in [9.17, 15) is 0 Å². The Hall–Kier alpha value is -1.11. The molecule has 0 N–H and O–H groups in total. The van der Waals surface area contributed by atoms with Crippen molar-refractivity contribution in [3.8, 4) is 0 Å². The first-order chi connectivity index (χ1) is 12.8. The third kappa shape index (κ3) is 5.69. The van der Waals surface area contributed by atoms with Gasteiger partial charge in [-0.05, 0) is 35.2 Å². The molecule has 0 aliphatic rings. The van der Waals surface area contributed by atoms with Gasteiger partial charge in [0.15, 0.2) is 0 Å². The maximum absolute atomic E-state index is 6.94. The fourth-order valence-corrected chi connectivity index (χ4v) is 9.90. The molecule has 0 aromatic heterocycles. The van der Waals surface area contributed by atoms with E-state index in [4.69, 9.17) is 4.43 Å². The Morgan fingerprint density at radius 3 is 1.81 bits per heavy atom. The van der Waals surface area contributed by atoms with Crippen LogP contribution in [0.2, 0.25) is 16.6 Å². The molecule has 2 aromatic carbocycles. The summed E-state index contributed by atoms with van der Waals surface area (Å²) in [4.78, 5) is 2.50. The van der Waals surface area contributed by atoms with Crippen LogP contribution in [0.1, 0.15) is 40.5 Å². The minimum Gasteiger partial charge on any atom is -0.407 e. The van der Waals surface area contributed by atoms with Crippen molar-refractivity contribution in [2.24, 2.45) is 0 Å². The monoisotopic (exact) mass is 394 g/mol. The molecule has 2 aromatic rings. The zero-order valence-corrected chi connectivity index (χ0v) is 20.1. The standard InChI is InChI=1S/C22H29OSi.2CH3.Al/c1-19(2)13-12-18-23-24(22(3,4)5,20-14-8-6-9-15-20)21-16-10-7-11-17-21;;;/h1,6-11,14-17H,12-13,18H2,2-5H3;2*1H3;. The molecule has 0 spiro atoms. The van der Waals surface area contributed by atoms with E-state index in [0.717, 1.165) is 19.4 Å². The number of allylic oxidation sites excluding steroid dienone is 1. The van der Waals surface area contributed by atoms with Crippen LogP contribution >= 0.6 is 0 Å². The van der Waals surface area contributed by atoms with E-state index in [1.54, 1.807) is 0 Å². The molecular formula is C24H35AlOSi. The predicted octanol–water partition coefficient (Wildman–Crippen LogP) is 5.58. The Morgan fingerprint density at radius 2 is 1.41 bits per heavy atom. The molecule has 0 atom stereocenters. The number of hydrogen-bond acceptors (Lipinski definition) is 1. The van der Waals surface area contributed by atoms with Crippen molar-refractivity contribution >= 4 is 32.8 Å². The Balaban J connectivity index is 2.33. The van der Waals surface area contributed by atoms with Gasteiger partial charge in [0.1, 0.15) is 0 Å². The molecule has 0 heterocycles. The molecule has 2 rings (SSSR count). The third-order valence-corrected chi connectivity index (χ3v) is 11.3. The zero-order valence-electron chi connectivity index (χ0n) is 18.0. The lowest BCUT2D eigenvalue weighted by Crippen LogP contribution is -2.66. The highest BCUT2D eigenvalue weighted by Gasteiger charge is 2.49. The average molecular weight is 395 g/mol. The van der Waals surface area contributed by atoms with Crippen LogP contribution in [0, 0.1) is 0 Å². The molecule has 0 fully saturated rings. The minimum absolute atomic E-state index is 0.0609. The Morgan fingerprint density at radius 1 is 0.926 bits per heavy atom. The summed E-state index contributed by atoms with van der Waals surface area (Å²) in [6.45, 7) is 10.1. The van der Waals surface area contributed by atoms with E-state index in [0.29, 0.717) is 0 Å². The van der Waals surface area contributed by atoms with Gasteiger partial charge >= 0.3 is 0 Å². The number of hydrogen-bond donors (Lipinski definition) is 0. The van der Waals surface area contributed by atoms with Crippen LogP contribution in [0.5, 0.6) is 0 Å². The van der Waals surface area contributed by atoms with Crippen molar-refractivity contribution in [3.63, 3.8) is 0 Å². The third-order valence-electron chi connectivity index (χ3n) is 5.07. The average Bonchev–Trinajstić information content (AvgIpc) is 2.61. The number of benzene rings is 2. The van der Waals surface area contributed by atoms with Gasteiger partial charge < -0.3 is 4.43 Å². The lowest BCUT2D eigenvalue weighted by atomic mass is 10.2. The zero-order chi connectivity index (χ0) is 19.9. The van der Waals surface area contributed by atoms with E-state index in [1.807, 2.05) is 0 Å². The summed E-state index contributed by atoms with van der Waals surface area (Å²) >= 11 is -0.633. The van der Waals surface area contributed by atoms with Crippen LogP contribution in [-0.2, 0) is 4.43 Å². The molecule has 0 amide bonds. The van der Waals surface area contributed by atoms with Crippen molar-refractivity contribution in [1.29, 1.82) is 0 Å². The lowest BCUT2D eigenvalue weighted by molar-refractivity contribution is 0.292. The molecular weight excluding hydrogens is 359 g/mol. The first kappa shape index (κ1) is 22.2. The van der Waals surface area contributed by atoms with Gasteiger partial charge in [0, 0.05) is 6.61 Å². The fourth-order valence-electron chi connectivity index (χ4n) is 3.99. The molecule has 27 heavy (non-hydrogen) atoms. The summed E-state index contributed by atoms with van der Waals surface area (Å²) in [6, 6.07) is 21.8. The van der Waals surface area contributed by atoms with Gasteiger partial charge in [0.25, 0.3) is 22.5 Å². The molecule has 0 saturated heterocycles. The van der Waals surface area contributed by atoms with Crippen LogP contribution in [0.4, 0.5) is 0 Å². The molecule has 0 radical (unpaired) electrons. The summed E-state index contributed by atoms with van der Waals surface area (Å²) in [5.41, 5.74) is 1.53. The van der Waals surface area contributed by atoms with Crippen molar-refractivity contribution in [2.45, 2.75) is 57.1 Å². The van der Waals surface area contributed by atoms with E-state index < -0.39 is 22.5 Å². The molecule has 1 nitrogen and oxygen atoms in total. The maximum Gasteiger partial charge on any atom is 0.288 e. The van der Waals surface area contributed by atoms with Crippen molar-refractivity contribution in [1.82, 2.24) is 0 Å². The van der Waals surface area contributed by atoms with E-state index in [2.05, 4.69) is 105 Å². The van der Waals surface area contributed by atoms with E-state index in [-0.39, 0.29) is 5.04 Å². The Kier molecular flexibility index (Phi) is 8.13. The summed E-state index contributed by atoms with van der Waals surface area (Å²) in [7, 11) is -2.36. The molecule has 0 saturated carbocycles. The topological polar surface area (TPSA) is 9.23 Å². The molecule has 3 heteroatoms. The van der Waals surface area contributed by atoms with Gasteiger partial charge in [-0.3, -0.25) is 0 Å². The highest BCUT2D eigenvalue weighted by molar-refractivity contribution is 6.99. The summed E-state index contributed by atoms with van der Waals surface area (Å²) in [6.07, 6.45) is 2.23. The van der Waals surface area contributed by atoms with Crippen LogP contribution < -0.4 is 10.4 Å². The molecule has 0 aliphatic heterocycles. The summed E-state index contributed by atoms with van der Waals surface area (Å²) in [5, 5.41) is 2.79. The van der Waals surface area contributed by atoms with Gasteiger partial charge in [-0.25, -0.2) is 0 Å². The summed E-state index contributed by atoms with van der Waals surface area (Å²) < 4.78 is 6.94. The van der Waals surface area contributed by atoms with Gasteiger partial charge in [0.05, 0.1) is 0 Å². The molecule has 0 unspecified atom stereocenters. The first-order valence-electron chi connectivity index (χ1n) is 10.2. The second-order valence-electron chi connectivity index (χ2n) is 8.87. The minimum atomic E-state index is -2.36. The summed E-state index contributed by atoms with van der Waals surface area (Å²) in [5.74, 6) is 4.75. The lowest BCUT2D eigenvalue weighted by Gasteiger charge is -2.43. The van der Waals surface area contributed by atoms with Crippen molar-refractivity contribution in [2.75, 3.05) is 6.61 Å². The highest BCUT2D eigenvalue weighted by Crippen LogP contribution is 2.36. The van der Waals surface area contributed by atoms with Gasteiger partial charge in [-0.2, -0.15) is 0 Å². The Bertz CT molecular complexity index is 678. The quantitative estimate of drug-likeness (QED) is 0.419. The first-order valence-corrected chi connectivity index (χ1v) is 15.1. The van der Waals surface area contributed by atoms with Gasteiger partial charge in [-0.1, -0.05) is 87.0 Å². The molecule has 0 aliphatic carbocycles. The van der Waals surface area contributed by atoms with Crippen LogP contribution in [-0.4, -0.2) is 29.1 Å². The van der Waals surface area contributed by atoms with Crippen LogP contribution in [0.15, 0.2) is 71.2 Å². The predicted molar refractivity (Wildman–Crippen MR) is 124 cm³/mol. The van der Waals surface area contributed by atoms with Crippen molar-refractivity contribution < 1.29 is 4.43 Å². The molecule has 144 valence electrons. The van der Waals surface area contributed by atoms with Gasteiger partial charge in [-0.15, -0.1) is 16.5 Å². The second kappa shape index (κ2) is 9.89. The maximum atomic E-state index is 6.94. The smallest absolute Gasteiger partial charge is 0.288 e. The Labute approximate surface area is 172 Å². The molecule has 0 bridgehead atoms. The SMILES string of the molecule is C/C(=[CH]\[Al]([CH3])[CH3])CCCO[Si](c1ccccc1)(c1ccccc1)C(C)(C)C.